The molecule has 0 aliphatic rings. The first-order chi connectivity index (χ1) is 7.03. The van der Waals surface area contributed by atoms with Gasteiger partial charge in [-0.25, -0.2) is 0 Å². The second kappa shape index (κ2) is 3.88. The summed E-state index contributed by atoms with van der Waals surface area (Å²) in [6.45, 7) is 7.38. The van der Waals surface area contributed by atoms with Crippen molar-refractivity contribution in [1.29, 1.82) is 0 Å². The van der Waals surface area contributed by atoms with Crippen LogP contribution in [0.3, 0.4) is 0 Å². The van der Waals surface area contributed by atoms with Crippen LogP contribution in [0.1, 0.15) is 31.9 Å². The molecule has 5 heteroatoms. The Kier molecular flexibility index (Phi) is 3.21. The van der Waals surface area contributed by atoms with Crippen molar-refractivity contribution in [2.75, 3.05) is 0 Å². The fraction of sp³-hybridized carbons (Fsp3) is 0.455. The van der Waals surface area contributed by atoms with Gasteiger partial charge in [0.25, 0.3) is 0 Å². The molecule has 3 N–H and O–H groups in total. The maximum atomic E-state index is 11.2. The molecule has 0 amide bonds. The lowest BCUT2D eigenvalue weighted by Crippen LogP contribution is -2.17. The second-order valence-corrected chi connectivity index (χ2v) is 6.54. The van der Waals surface area contributed by atoms with Gasteiger partial charge in [0, 0.05) is 5.56 Å². The van der Waals surface area contributed by atoms with E-state index >= 15 is 0 Å². The number of phenolic OH excluding ortho intramolecular Hbond substituents is 1. The number of phenols is 1. The summed E-state index contributed by atoms with van der Waals surface area (Å²) in [4.78, 5) is 18.3. The highest BCUT2D eigenvalue weighted by atomic mass is 31.2. The van der Waals surface area contributed by atoms with Gasteiger partial charge in [-0.1, -0.05) is 26.8 Å². The van der Waals surface area contributed by atoms with Gasteiger partial charge in [0.2, 0.25) is 0 Å². The topological polar surface area (TPSA) is 77.8 Å². The summed E-state index contributed by atoms with van der Waals surface area (Å²) in [5.41, 5.74) is 0.909. The van der Waals surface area contributed by atoms with Crippen molar-refractivity contribution in [3.8, 4) is 5.75 Å². The number of hydrogen-bond acceptors (Lipinski definition) is 2. The molecular formula is C11H17O4P. The van der Waals surface area contributed by atoms with Gasteiger partial charge in [-0.2, -0.15) is 0 Å². The Balaban J connectivity index is 3.57. The molecule has 0 saturated heterocycles. The molecular weight excluding hydrogens is 227 g/mol. The van der Waals surface area contributed by atoms with Gasteiger partial charge in [0.1, 0.15) is 11.1 Å². The zero-order valence-corrected chi connectivity index (χ0v) is 10.7. The summed E-state index contributed by atoms with van der Waals surface area (Å²) >= 11 is 0. The van der Waals surface area contributed by atoms with Crippen molar-refractivity contribution in [2.24, 2.45) is 0 Å². The molecule has 0 aliphatic carbocycles. The first-order valence-electron chi connectivity index (χ1n) is 4.93. The van der Waals surface area contributed by atoms with Crippen LogP contribution in [0, 0.1) is 6.92 Å². The minimum Gasteiger partial charge on any atom is -0.507 e. The summed E-state index contributed by atoms with van der Waals surface area (Å²) in [7, 11) is -4.43. The SMILES string of the molecule is Cc1cc(C(C)(C)C)c(O)c(P(=O)(O)O)c1. The lowest BCUT2D eigenvalue weighted by Gasteiger charge is -2.23. The van der Waals surface area contributed by atoms with E-state index in [1.807, 2.05) is 20.8 Å². The predicted molar refractivity (Wildman–Crippen MR) is 63.2 cm³/mol. The van der Waals surface area contributed by atoms with Crippen LogP contribution < -0.4 is 5.30 Å². The van der Waals surface area contributed by atoms with Crippen molar-refractivity contribution in [3.63, 3.8) is 0 Å². The maximum absolute atomic E-state index is 11.2. The summed E-state index contributed by atoms with van der Waals surface area (Å²) in [5.74, 6) is -0.300. The van der Waals surface area contributed by atoms with E-state index in [0.29, 0.717) is 5.56 Å². The van der Waals surface area contributed by atoms with Crippen molar-refractivity contribution >= 4 is 12.9 Å². The molecule has 0 bridgehead atoms. The van der Waals surface area contributed by atoms with Gasteiger partial charge in [0.15, 0.2) is 0 Å². The van der Waals surface area contributed by atoms with E-state index < -0.39 is 7.60 Å². The molecule has 0 aromatic heterocycles. The van der Waals surface area contributed by atoms with E-state index in [1.54, 1.807) is 13.0 Å². The predicted octanol–water partition coefficient (Wildman–Crippen LogP) is 1.80. The van der Waals surface area contributed by atoms with Gasteiger partial charge in [-0.3, -0.25) is 4.57 Å². The molecule has 0 spiro atoms. The molecule has 90 valence electrons. The summed E-state index contributed by atoms with van der Waals surface area (Å²) in [6, 6.07) is 3.07. The van der Waals surface area contributed by atoms with Gasteiger partial charge < -0.3 is 14.9 Å². The Morgan fingerprint density at radius 3 is 2.06 bits per heavy atom. The normalized spacial score (nSPS) is 12.9. The Morgan fingerprint density at radius 2 is 1.69 bits per heavy atom. The van der Waals surface area contributed by atoms with Crippen LogP contribution in [0.2, 0.25) is 0 Å². The standard InChI is InChI=1S/C11H17O4P/c1-7-5-8(11(2,3)4)10(12)9(6-7)16(13,14)15/h5-6,12H,1-4H3,(H2,13,14,15). The monoisotopic (exact) mass is 244 g/mol. The summed E-state index contributed by atoms with van der Waals surface area (Å²) in [5, 5.41) is 9.60. The quantitative estimate of drug-likeness (QED) is 0.658. The minimum atomic E-state index is -4.43. The Morgan fingerprint density at radius 1 is 1.19 bits per heavy atom. The van der Waals surface area contributed by atoms with Crippen LogP contribution in [-0.2, 0) is 9.98 Å². The molecule has 0 radical (unpaired) electrons. The van der Waals surface area contributed by atoms with Gasteiger partial charge in [-0.05, 0) is 24.0 Å². The zero-order chi connectivity index (χ0) is 12.7. The number of aromatic hydroxyl groups is 1. The van der Waals surface area contributed by atoms with Crippen LogP contribution >= 0.6 is 7.60 Å². The number of rotatable bonds is 1. The van der Waals surface area contributed by atoms with E-state index in [4.69, 9.17) is 9.79 Å². The Hall–Kier alpha value is -0.830. The van der Waals surface area contributed by atoms with Crippen molar-refractivity contribution in [1.82, 2.24) is 0 Å². The van der Waals surface area contributed by atoms with Crippen molar-refractivity contribution < 1.29 is 19.5 Å². The third-order valence-corrected chi connectivity index (χ3v) is 3.32. The lowest BCUT2D eigenvalue weighted by atomic mass is 9.85. The van der Waals surface area contributed by atoms with Crippen molar-refractivity contribution in [3.05, 3.63) is 23.3 Å². The minimum absolute atomic E-state index is 0.294. The highest BCUT2D eigenvalue weighted by Gasteiger charge is 2.28. The molecule has 4 nitrogen and oxygen atoms in total. The zero-order valence-electron chi connectivity index (χ0n) is 9.85. The number of benzene rings is 1. The number of hydrogen-bond donors (Lipinski definition) is 3. The largest absolute Gasteiger partial charge is 0.507 e. The van der Waals surface area contributed by atoms with E-state index in [9.17, 15) is 9.67 Å². The molecule has 0 unspecified atom stereocenters. The molecule has 0 fully saturated rings. The average molecular weight is 244 g/mol. The molecule has 0 saturated carbocycles. The molecule has 0 atom stereocenters. The van der Waals surface area contributed by atoms with Gasteiger partial charge >= 0.3 is 7.60 Å². The second-order valence-electron chi connectivity index (χ2n) is 4.97. The van der Waals surface area contributed by atoms with Crippen LogP contribution in [-0.4, -0.2) is 14.9 Å². The smallest absolute Gasteiger partial charge is 0.359 e. The maximum Gasteiger partial charge on any atom is 0.359 e. The molecule has 0 aliphatic heterocycles. The third kappa shape index (κ3) is 2.64. The first-order valence-corrected chi connectivity index (χ1v) is 6.55. The Labute approximate surface area is 95.1 Å². The fourth-order valence-electron chi connectivity index (χ4n) is 1.55. The van der Waals surface area contributed by atoms with E-state index in [1.165, 1.54) is 6.07 Å². The molecule has 1 aromatic carbocycles. The molecule has 1 rings (SSSR count). The van der Waals surface area contributed by atoms with E-state index in [2.05, 4.69) is 0 Å². The fourth-order valence-corrected chi connectivity index (χ4v) is 2.32. The van der Waals surface area contributed by atoms with Crippen LogP contribution in [0.15, 0.2) is 12.1 Å². The lowest BCUT2D eigenvalue weighted by molar-refractivity contribution is 0.383. The highest BCUT2D eigenvalue weighted by molar-refractivity contribution is 7.60. The molecule has 16 heavy (non-hydrogen) atoms. The first kappa shape index (κ1) is 13.2. The van der Waals surface area contributed by atoms with E-state index in [-0.39, 0.29) is 16.5 Å². The van der Waals surface area contributed by atoms with Crippen LogP contribution in [0.5, 0.6) is 5.75 Å². The summed E-state index contributed by atoms with van der Waals surface area (Å²) < 4.78 is 11.2. The average Bonchev–Trinajstić information content (AvgIpc) is 2.04. The van der Waals surface area contributed by atoms with E-state index in [0.717, 1.165) is 5.56 Å². The molecule has 0 heterocycles. The van der Waals surface area contributed by atoms with Crippen LogP contribution in [0.4, 0.5) is 0 Å². The Bertz CT molecular complexity index is 454. The third-order valence-electron chi connectivity index (χ3n) is 2.36. The summed E-state index contributed by atoms with van der Waals surface area (Å²) in [6.07, 6.45) is 0. The van der Waals surface area contributed by atoms with Gasteiger partial charge in [-0.15, -0.1) is 0 Å². The van der Waals surface area contributed by atoms with Crippen molar-refractivity contribution in [2.45, 2.75) is 33.1 Å². The molecule has 1 aromatic rings. The number of aryl methyl sites for hydroxylation is 1. The highest BCUT2D eigenvalue weighted by Crippen LogP contribution is 2.41. The van der Waals surface area contributed by atoms with Gasteiger partial charge in [0.05, 0.1) is 0 Å². The van der Waals surface area contributed by atoms with Crippen LogP contribution in [0.25, 0.3) is 0 Å².